The highest BCUT2D eigenvalue weighted by molar-refractivity contribution is 9.10. The smallest absolute Gasteiger partial charge is 0.267 e. The van der Waals surface area contributed by atoms with Gasteiger partial charge in [-0.05, 0) is 40.2 Å². The van der Waals surface area contributed by atoms with Gasteiger partial charge in [-0.2, -0.15) is 0 Å². The Labute approximate surface area is 124 Å². The van der Waals surface area contributed by atoms with Crippen LogP contribution in [0.25, 0.3) is 22.2 Å². The Hall–Kier alpha value is -2.14. The van der Waals surface area contributed by atoms with Crippen LogP contribution in [0.5, 0.6) is 0 Å². The fourth-order valence-electron chi connectivity index (χ4n) is 2.24. The molecular formula is C15H12BrN3O. The maximum atomic E-state index is 11.2. The molecule has 5 heteroatoms. The van der Waals surface area contributed by atoms with E-state index in [2.05, 4.69) is 25.5 Å². The number of benzene rings is 1. The molecule has 20 heavy (non-hydrogen) atoms. The lowest BCUT2D eigenvalue weighted by molar-refractivity contribution is 0.0995. The summed E-state index contributed by atoms with van der Waals surface area (Å²) in [5, 5.41) is 1.11. The summed E-state index contributed by atoms with van der Waals surface area (Å²) in [5.74, 6) is -0.520. The molecule has 0 aliphatic heterocycles. The molecule has 0 bridgehead atoms. The Morgan fingerprint density at radius 1 is 1.30 bits per heavy atom. The van der Waals surface area contributed by atoms with Crippen molar-refractivity contribution in [2.45, 2.75) is 0 Å². The zero-order chi connectivity index (χ0) is 14.3. The Bertz CT molecular complexity index is 823. The molecule has 3 rings (SSSR count). The van der Waals surface area contributed by atoms with Gasteiger partial charge in [0.15, 0.2) is 0 Å². The summed E-state index contributed by atoms with van der Waals surface area (Å²) in [5.41, 5.74) is 8.36. The van der Waals surface area contributed by atoms with Crippen molar-refractivity contribution < 1.29 is 4.79 Å². The first-order valence-corrected chi connectivity index (χ1v) is 6.87. The highest BCUT2D eigenvalue weighted by Crippen LogP contribution is 2.29. The van der Waals surface area contributed by atoms with Crippen molar-refractivity contribution in [3.05, 3.63) is 52.8 Å². The van der Waals surface area contributed by atoms with E-state index < -0.39 is 5.91 Å². The van der Waals surface area contributed by atoms with Crippen molar-refractivity contribution in [1.82, 2.24) is 9.55 Å². The molecule has 0 aliphatic rings. The topological polar surface area (TPSA) is 60.9 Å². The van der Waals surface area contributed by atoms with Gasteiger partial charge in [0, 0.05) is 34.2 Å². The minimum atomic E-state index is -0.520. The minimum absolute atomic E-state index is 0.273. The number of hydrogen-bond acceptors (Lipinski definition) is 2. The number of hydrogen-bond donors (Lipinski definition) is 1. The molecule has 0 saturated heterocycles. The van der Waals surface area contributed by atoms with Crippen molar-refractivity contribution in [2.24, 2.45) is 12.8 Å². The van der Waals surface area contributed by atoms with E-state index in [9.17, 15) is 4.79 Å². The van der Waals surface area contributed by atoms with Gasteiger partial charge in [-0.3, -0.25) is 4.79 Å². The molecule has 4 nitrogen and oxygen atoms in total. The first-order chi connectivity index (χ1) is 9.56. The van der Waals surface area contributed by atoms with E-state index in [0.29, 0.717) is 0 Å². The number of aryl methyl sites for hydroxylation is 1. The van der Waals surface area contributed by atoms with E-state index >= 15 is 0 Å². The van der Waals surface area contributed by atoms with Gasteiger partial charge in [-0.25, -0.2) is 4.98 Å². The van der Waals surface area contributed by atoms with Gasteiger partial charge in [-0.15, -0.1) is 0 Å². The first-order valence-electron chi connectivity index (χ1n) is 6.08. The molecule has 100 valence electrons. The van der Waals surface area contributed by atoms with Gasteiger partial charge < -0.3 is 10.3 Å². The number of pyridine rings is 1. The lowest BCUT2D eigenvalue weighted by atomic mass is 10.1. The minimum Gasteiger partial charge on any atom is -0.364 e. The maximum Gasteiger partial charge on any atom is 0.267 e. The number of amides is 1. The summed E-state index contributed by atoms with van der Waals surface area (Å²) in [4.78, 5) is 15.5. The Morgan fingerprint density at radius 3 is 2.85 bits per heavy atom. The third kappa shape index (κ3) is 2.10. The number of primary amides is 1. The standard InChI is InChI=1S/C15H12BrN3O/c1-19-8-11(16)10-7-9(5-6-14(10)19)12-3-2-4-13(18-12)15(17)20/h2-8H,1H3,(H2,17,20). The summed E-state index contributed by atoms with van der Waals surface area (Å²) in [6, 6.07) is 11.3. The van der Waals surface area contributed by atoms with Crippen LogP contribution in [0.4, 0.5) is 0 Å². The molecule has 0 spiro atoms. The second-order valence-corrected chi connectivity index (χ2v) is 5.45. The van der Waals surface area contributed by atoms with E-state index in [1.165, 1.54) is 0 Å². The van der Waals surface area contributed by atoms with Crippen LogP contribution in [0.2, 0.25) is 0 Å². The van der Waals surface area contributed by atoms with Crippen LogP contribution < -0.4 is 5.73 Å². The molecule has 2 aromatic heterocycles. The number of carbonyl (C=O) groups excluding carboxylic acids is 1. The van der Waals surface area contributed by atoms with Gasteiger partial charge in [0.05, 0.1) is 5.69 Å². The molecule has 1 amide bonds. The number of nitrogens with zero attached hydrogens (tertiary/aromatic N) is 2. The van der Waals surface area contributed by atoms with E-state index in [4.69, 9.17) is 5.73 Å². The summed E-state index contributed by atoms with van der Waals surface area (Å²) >= 11 is 3.55. The zero-order valence-corrected chi connectivity index (χ0v) is 12.4. The molecule has 2 heterocycles. The van der Waals surface area contributed by atoms with Gasteiger partial charge >= 0.3 is 0 Å². The molecule has 2 N–H and O–H groups in total. The first kappa shape index (κ1) is 12.9. The summed E-state index contributed by atoms with van der Waals surface area (Å²) < 4.78 is 3.08. The molecule has 0 saturated carbocycles. The van der Waals surface area contributed by atoms with Crippen LogP contribution in [0.1, 0.15) is 10.5 Å². The molecule has 3 aromatic rings. The second-order valence-electron chi connectivity index (χ2n) is 4.59. The zero-order valence-electron chi connectivity index (χ0n) is 10.8. The lowest BCUT2D eigenvalue weighted by Crippen LogP contribution is -2.12. The maximum absolute atomic E-state index is 11.2. The summed E-state index contributed by atoms with van der Waals surface area (Å²) in [6.07, 6.45) is 2.02. The summed E-state index contributed by atoms with van der Waals surface area (Å²) in [6.45, 7) is 0. The van der Waals surface area contributed by atoms with Crippen LogP contribution in [-0.4, -0.2) is 15.5 Å². The highest BCUT2D eigenvalue weighted by Gasteiger charge is 2.09. The van der Waals surface area contributed by atoms with Crippen molar-refractivity contribution in [1.29, 1.82) is 0 Å². The number of aromatic nitrogens is 2. The largest absolute Gasteiger partial charge is 0.364 e. The number of halogens is 1. The van der Waals surface area contributed by atoms with Gasteiger partial charge in [-0.1, -0.05) is 12.1 Å². The van der Waals surface area contributed by atoms with Crippen molar-refractivity contribution in [2.75, 3.05) is 0 Å². The van der Waals surface area contributed by atoms with Crippen molar-refractivity contribution >= 4 is 32.7 Å². The van der Waals surface area contributed by atoms with E-state index in [-0.39, 0.29) is 5.69 Å². The predicted octanol–water partition coefficient (Wildman–Crippen LogP) is 3.10. The van der Waals surface area contributed by atoms with Gasteiger partial charge in [0.2, 0.25) is 0 Å². The molecule has 0 unspecified atom stereocenters. The monoisotopic (exact) mass is 329 g/mol. The van der Waals surface area contributed by atoms with Crippen LogP contribution in [0, 0.1) is 0 Å². The van der Waals surface area contributed by atoms with E-state index in [1.807, 2.05) is 37.5 Å². The average Bonchev–Trinajstić information content (AvgIpc) is 2.74. The third-order valence-corrected chi connectivity index (χ3v) is 3.87. The Kier molecular flexibility index (Phi) is 3.06. The number of rotatable bonds is 2. The number of carbonyl (C=O) groups is 1. The predicted molar refractivity (Wildman–Crippen MR) is 82.4 cm³/mol. The Balaban J connectivity index is 2.17. The normalized spacial score (nSPS) is 10.9. The van der Waals surface area contributed by atoms with Crippen molar-refractivity contribution in [3.63, 3.8) is 0 Å². The average molecular weight is 330 g/mol. The molecule has 1 aromatic carbocycles. The lowest BCUT2D eigenvalue weighted by Gasteiger charge is -2.04. The third-order valence-electron chi connectivity index (χ3n) is 3.24. The van der Waals surface area contributed by atoms with Crippen molar-refractivity contribution in [3.8, 4) is 11.3 Å². The van der Waals surface area contributed by atoms with Gasteiger partial charge in [0.25, 0.3) is 5.91 Å². The van der Waals surface area contributed by atoms with E-state index in [1.54, 1.807) is 12.1 Å². The number of nitrogens with two attached hydrogens (primary N) is 1. The van der Waals surface area contributed by atoms with Crippen LogP contribution in [0.15, 0.2) is 47.1 Å². The molecule has 0 aliphatic carbocycles. The molecule has 0 fully saturated rings. The molecule has 0 radical (unpaired) electrons. The quantitative estimate of drug-likeness (QED) is 0.785. The molecule has 0 atom stereocenters. The van der Waals surface area contributed by atoms with Crippen LogP contribution in [-0.2, 0) is 7.05 Å². The fourth-order valence-corrected chi connectivity index (χ4v) is 2.86. The van der Waals surface area contributed by atoms with E-state index in [0.717, 1.165) is 26.6 Å². The van der Waals surface area contributed by atoms with Gasteiger partial charge in [0.1, 0.15) is 5.69 Å². The van der Waals surface area contributed by atoms with Crippen LogP contribution >= 0.6 is 15.9 Å². The van der Waals surface area contributed by atoms with Crippen LogP contribution in [0.3, 0.4) is 0 Å². The fraction of sp³-hybridized carbons (Fsp3) is 0.0667. The number of fused-ring (bicyclic) bond motifs is 1. The summed E-state index contributed by atoms with van der Waals surface area (Å²) in [7, 11) is 2.00. The highest BCUT2D eigenvalue weighted by atomic mass is 79.9. The SMILES string of the molecule is Cn1cc(Br)c2cc(-c3cccc(C(N)=O)n3)ccc21. The molecular weight excluding hydrogens is 318 g/mol. The second kappa shape index (κ2) is 4.76. The Morgan fingerprint density at radius 2 is 2.10 bits per heavy atom.